The lowest BCUT2D eigenvalue weighted by Crippen LogP contribution is -2.47. The molecule has 2 saturated heterocycles. The van der Waals surface area contributed by atoms with Crippen LogP contribution in [0.2, 0.25) is 0 Å². The molecular formula is C12H22O6. The maximum Gasteiger partial charge on any atom is 0.163 e. The van der Waals surface area contributed by atoms with Crippen molar-refractivity contribution in [2.45, 2.75) is 63.7 Å². The van der Waals surface area contributed by atoms with E-state index in [1.54, 1.807) is 27.7 Å². The molecule has 2 heterocycles. The molecule has 4 atom stereocenters. The van der Waals surface area contributed by atoms with Gasteiger partial charge in [0.05, 0.1) is 13.2 Å². The summed E-state index contributed by atoms with van der Waals surface area (Å²) in [5, 5.41) is 20.2. The first-order valence-corrected chi connectivity index (χ1v) is 6.20. The highest BCUT2D eigenvalue weighted by Crippen LogP contribution is 2.29. The predicted molar refractivity (Wildman–Crippen MR) is 61.8 cm³/mol. The van der Waals surface area contributed by atoms with E-state index in [1.165, 1.54) is 0 Å². The van der Waals surface area contributed by atoms with Crippen LogP contribution in [0.25, 0.3) is 0 Å². The van der Waals surface area contributed by atoms with E-state index >= 15 is 0 Å². The average Bonchev–Trinajstić information content (AvgIpc) is 2.79. The van der Waals surface area contributed by atoms with Crippen molar-refractivity contribution in [1.29, 1.82) is 0 Å². The minimum absolute atomic E-state index is 0.252. The van der Waals surface area contributed by atoms with Gasteiger partial charge in [-0.15, -0.1) is 0 Å². The van der Waals surface area contributed by atoms with Crippen LogP contribution >= 0.6 is 0 Å². The van der Waals surface area contributed by atoms with Crippen LogP contribution in [0, 0.1) is 0 Å². The lowest BCUT2D eigenvalue weighted by atomic mass is 10.0. The summed E-state index contributed by atoms with van der Waals surface area (Å²) in [7, 11) is 0. The summed E-state index contributed by atoms with van der Waals surface area (Å²) in [6.45, 7) is 7.58. The number of aliphatic hydroxyl groups is 2. The Labute approximate surface area is 107 Å². The van der Waals surface area contributed by atoms with Gasteiger partial charge < -0.3 is 29.2 Å². The van der Waals surface area contributed by atoms with Gasteiger partial charge in [0.25, 0.3) is 0 Å². The van der Waals surface area contributed by atoms with Gasteiger partial charge in [0.15, 0.2) is 11.6 Å². The zero-order valence-corrected chi connectivity index (χ0v) is 11.3. The van der Waals surface area contributed by atoms with E-state index in [1.807, 2.05) is 0 Å². The summed E-state index contributed by atoms with van der Waals surface area (Å²) < 4.78 is 21.8. The first kappa shape index (κ1) is 14.2. The van der Waals surface area contributed by atoms with Gasteiger partial charge in [-0.1, -0.05) is 0 Å². The van der Waals surface area contributed by atoms with Crippen molar-refractivity contribution in [1.82, 2.24) is 0 Å². The van der Waals surface area contributed by atoms with E-state index in [4.69, 9.17) is 18.9 Å². The predicted octanol–water partition coefficient (Wildman–Crippen LogP) is 0.0112. The van der Waals surface area contributed by atoms with Gasteiger partial charge in [-0.05, 0) is 27.7 Å². The summed E-state index contributed by atoms with van der Waals surface area (Å²) in [5.41, 5.74) is 0. The third kappa shape index (κ3) is 3.01. The highest BCUT2D eigenvalue weighted by molar-refractivity contribution is 4.88. The van der Waals surface area contributed by atoms with Crippen LogP contribution in [0.5, 0.6) is 0 Å². The van der Waals surface area contributed by atoms with Crippen molar-refractivity contribution < 1.29 is 29.2 Å². The second-order valence-corrected chi connectivity index (χ2v) is 5.72. The van der Waals surface area contributed by atoms with Crippen molar-refractivity contribution in [2.75, 3.05) is 13.2 Å². The van der Waals surface area contributed by atoms with Crippen molar-refractivity contribution in [3.8, 4) is 0 Å². The normalized spacial score (nSPS) is 37.7. The molecule has 0 aromatic heterocycles. The van der Waals surface area contributed by atoms with Gasteiger partial charge in [-0.25, -0.2) is 0 Å². The quantitative estimate of drug-likeness (QED) is 0.746. The number of ether oxygens (including phenoxy) is 4. The molecule has 0 saturated carbocycles. The van der Waals surface area contributed by atoms with E-state index in [-0.39, 0.29) is 13.2 Å². The molecule has 0 aromatic carbocycles. The average molecular weight is 262 g/mol. The molecule has 2 aliphatic rings. The van der Waals surface area contributed by atoms with Gasteiger partial charge in [-0.3, -0.25) is 0 Å². The second-order valence-electron chi connectivity index (χ2n) is 5.72. The molecule has 0 radical (unpaired) electrons. The van der Waals surface area contributed by atoms with Crippen LogP contribution in [0.15, 0.2) is 0 Å². The summed E-state index contributed by atoms with van der Waals surface area (Å²) in [6, 6.07) is 0. The Kier molecular flexibility index (Phi) is 3.70. The fourth-order valence-electron chi connectivity index (χ4n) is 2.21. The smallest absolute Gasteiger partial charge is 0.163 e. The Morgan fingerprint density at radius 2 is 1.17 bits per heavy atom. The Morgan fingerprint density at radius 1 is 0.833 bits per heavy atom. The molecule has 2 aliphatic heterocycles. The van der Waals surface area contributed by atoms with Crippen molar-refractivity contribution in [2.24, 2.45) is 0 Å². The molecule has 0 aromatic rings. The number of hydrogen-bond acceptors (Lipinski definition) is 6. The Balaban J connectivity index is 1.92. The van der Waals surface area contributed by atoms with Gasteiger partial charge in [-0.2, -0.15) is 0 Å². The van der Waals surface area contributed by atoms with E-state index in [0.29, 0.717) is 0 Å². The standard InChI is InChI=1S/C12H22O6/c1-11(2)15-5-7(17-11)9(13)10(14)8-6-16-12(3,4)18-8/h7-10,13-14H,5-6H2,1-4H3/t7-,8+,9-,10?/m0/s1. The molecule has 0 spiro atoms. The van der Waals surface area contributed by atoms with Crippen LogP contribution in [-0.2, 0) is 18.9 Å². The fraction of sp³-hybridized carbons (Fsp3) is 1.00. The minimum Gasteiger partial charge on any atom is -0.387 e. The topological polar surface area (TPSA) is 77.4 Å². The second kappa shape index (κ2) is 4.70. The van der Waals surface area contributed by atoms with E-state index in [2.05, 4.69) is 0 Å². The minimum atomic E-state index is -1.06. The molecule has 18 heavy (non-hydrogen) atoms. The molecular weight excluding hydrogens is 240 g/mol. The summed E-state index contributed by atoms with van der Waals surface area (Å²) in [4.78, 5) is 0. The number of aliphatic hydroxyl groups excluding tert-OH is 2. The fourth-order valence-corrected chi connectivity index (χ4v) is 2.21. The third-order valence-electron chi connectivity index (χ3n) is 3.17. The molecule has 1 unspecified atom stereocenters. The highest BCUT2D eigenvalue weighted by Gasteiger charge is 2.45. The van der Waals surface area contributed by atoms with Crippen molar-refractivity contribution in [3.05, 3.63) is 0 Å². The molecule has 0 aliphatic carbocycles. The van der Waals surface area contributed by atoms with Crippen LogP contribution in [0.1, 0.15) is 27.7 Å². The molecule has 0 bridgehead atoms. The molecule has 106 valence electrons. The van der Waals surface area contributed by atoms with Gasteiger partial charge in [0.1, 0.15) is 24.4 Å². The van der Waals surface area contributed by atoms with Crippen LogP contribution in [-0.4, -0.2) is 59.4 Å². The van der Waals surface area contributed by atoms with Gasteiger partial charge in [0.2, 0.25) is 0 Å². The maximum atomic E-state index is 10.1. The van der Waals surface area contributed by atoms with Crippen molar-refractivity contribution in [3.63, 3.8) is 0 Å². The van der Waals surface area contributed by atoms with Crippen LogP contribution < -0.4 is 0 Å². The summed E-state index contributed by atoms with van der Waals surface area (Å²) in [6.07, 6.45) is -3.23. The lowest BCUT2D eigenvalue weighted by molar-refractivity contribution is -0.183. The summed E-state index contributed by atoms with van der Waals surface area (Å²) >= 11 is 0. The van der Waals surface area contributed by atoms with Crippen molar-refractivity contribution >= 4 is 0 Å². The highest BCUT2D eigenvalue weighted by atomic mass is 16.8. The number of hydrogen-bond donors (Lipinski definition) is 2. The maximum absolute atomic E-state index is 10.1. The molecule has 6 heteroatoms. The van der Waals surface area contributed by atoms with Crippen LogP contribution in [0.4, 0.5) is 0 Å². The molecule has 2 fully saturated rings. The van der Waals surface area contributed by atoms with Gasteiger partial charge >= 0.3 is 0 Å². The van der Waals surface area contributed by atoms with E-state index in [0.717, 1.165) is 0 Å². The van der Waals surface area contributed by atoms with E-state index in [9.17, 15) is 10.2 Å². The van der Waals surface area contributed by atoms with E-state index < -0.39 is 36.0 Å². The first-order valence-electron chi connectivity index (χ1n) is 6.20. The molecule has 0 amide bonds. The molecule has 2 rings (SSSR count). The zero-order valence-electron chi connectivity index (χ0n) is 11.3. The molecule has 2 N–H and O–H groups in total. The first-order chi connectivity index (χ1) is 8.20. The SMILES string of the molecule is CC1(C)OC[C@@H]([C@H](O)C(O)[C@H]2COC(C)(C)O2)O1. The lowest BCUT2D eigenvalue weighted by Gasteiger charge is -2.27. The third-order valence-corrected chi connectivity index (χ3v) is 3.17. The Morgan fingerprint density at radius 3 is 1.39 bits per heavy atom. The molecule has 6 nitrogen and oxygen atoms in total. The zero-order chi connectivity index (χ0) is 13.6. The largest absolute Gasteiger partial charge is 0.387 e. The monoisotopic (exact) mass is 262 g/mol. The summed E-state index contributed by atoms with van der Waals surface area (Å²) in [5.74, 6) is -1.45. The van der Waals surface area contributed by atoms with Gasteiger partial charge in [0, 0.05) is 0 Å². The Bertz CT molecular complexity index is 273. The van der Waals surface area contributed by atoms with Crippen LogP contribution in [0.3, 0.4) is 0 Å². The number of rotatable bonds is 3. The Hall–Kier alpha value is -0.240.